The second kappa shape index (κ2) is 7.38. The largest absolute Gasteiger partial charge is 0.486 e. The van der Waals surface area contributed by atoms with E-state index in [4.69, 9.17) is 14.2 Å². The molecule has 3 rings (SSSR count). The molecule has 0 atom stereocenters. The maximum absolute atomic E-state index is 12.3. The number of hydrogen-bond acceptors (Lipinski definition) is 5. The van der Waals surface area contributed by atoms with Crippen LogP contribution >= 0.6 is 0 Å². The van der Waals surface area contributed by atoms with Crippen LogP contribution in [0.5, 0.6) is 11.5 Å². The summed E-state index contributed by atoms with van der Waals surface area (Å²) in [7, 11) is 0. The second-order valence-corrected chi connectivity index (χ2v) is 6.06. The minimum absolute atomic E-state index is 0.0801. The molecule has 0 saturated carbocycles. The third-order valence-electron chi connectivity index (χ3n) is 4.01. The molecule has 130 valence electrons. The Balaban J connectivity index is 1.58. The van der Waals surface area contributed by atoms with Gasteiger partial charge in [-0.3, -0.25) is 9.59 Å². The second-order valence-electron chi connectivity index (χ2n) is 6.06. The molecule has 0 aliphatic carbocycles. The van der Waals surface area contributed by atoms with Crippen LogP contribution in [0, 0.1) is 13.8 Å². The molecule has 0 radical (unpaired) electrons. The number of Topliss-reactive ketones (excluding diaryl/α,β-unsaturated/α-hetero) is 1. The molecule has 5 nitrogen and oxygen atoms in total. The highest BCUT2D eigenvalue weighted by Gasteiger charge is 2.15. The maximum atomic E-state index is 12.3. The van der Waals surface area contributed by atoms with Gasteiger partial charge in [-0.2, -0.15) is 0 Å². The van der Waals surface area contributed by atoms with Crippen LogP contribution in [0.4, 0.5) is 0 Å². The molecular formula is C20H20O5. The Bertz CT molecular complexity index is 810. The van der Waals surface area contributed by atoms with E-state index in [0.29, 0.717) is 30.3 Å². The van der Waals surface area contributed by atoms with Gasteiger partial charge >= 0.3 is 5.97 Å². The van der Waals surface area contributed by atoms with Crippen LogP contribution in [0.3, 0.4) is 0 Å². The molecule has 0 amide bonds. The molecule has 1 heterocycles. The Morgan fingerprint density at radius 1 is 1.00 bits per heavy atom. The van der Waals surface area contributed by atoms with E-state index in [2.05, 4.69) is 0 Å². The quantitative estimate of drug-likeness (QED) is 0.618. The van der Waals surface area contributed by atoms with Crippen molar-refractivity contribution >= 4 is 11.8 Å². The highest BCUT2D eigenvalue weighted by Crippen LogP contribution is 2.30. The fourth-order valence-corrected chi connectivity index (χ4v) is 2.68. The van der Waals surface area contributed by atoms with Gasteiger partial charge in [-0.05, 0) is 43.2 Å². The lowest BCUT2D eigenvalue weighted by molar-refractivity contribution is -0.141. The number of esters is 1. The van der Waals surface area contributed by atoms with Crippen LogP contribution in [0.1, 0.15) is 27.0 Å². The van der Waals surface area contributed by atoms with Crippen LogP contribution in [-0.2, 0) is 16.0 Å². The molecule has 0 saturated heterocycles. The van der Waals surface area contributed by atoms with Gasteiger partial charge in [0, 0.05) is 5.56 Å². The van der Waals surface area contributed by atoms with E-state index in [0.717, 1.165) is 16.7 Å². The molecule has 2 aromatic rings. The predicted octanol–water partition coefficient (Wildman–Crippen LogP) is 3.04. The zero-order chi connectivity index (χ0) is 17.8. The van der Waals surface area contributed by atoms with E-state index >= 15 is 0 Å². The van der Waals surface area contributed by atoms with Crippen molar-refractivity contribution in [1.82, 2.24) is 0 Å². The van der Waals surface area contributed by atoms with Crippen LogP contribution < -0.4 is 9.47 Å². The number of fused-ring (bicyclic) bond motifs is 1. The van der Waals surface area contributed by atoms with Crippen molar-refractivity contribution in [2.45, 2.75) is 20.3 Å². The lowest BCUT2D eigenvalue weighted by atomic mass is 10.0. The molecule has 0 fully saturated rings. The van der Waals surface area contributed by atoms with E-state index in [-0.39, 0.29) is 18.8 Å². The van der Waals surface area contributed by atoms with Crippen molar-refractivity contribution in [3.05, 3.63) is 58.7 Å². The summed E-state index contributed by atoms with van der Waals surface area (Å²) in [6.45, 7) is 4.54. The van der Waals surface area contributed by atoms with Crippen molar-refractivity contribution in [2.75, 3.05) is 19.8 Å². The van der Waals surface area contributed by atoms with E-state index in [1.165, 1.54) is 0 Å². The highest BCUT2D eigenvalue weighted by atomic mass is 16.6. The van der Waals surface area contributed by atoms with E-state index < -0.39 is 5.97 Å². The summed E-state index contributed by atoms with van der Waals surface area (Å²) in [6, 6.07) is 11.0. The molecule has 0 bridgehead atoms. The van der Waals surface area contributed by atoms with E-state index in [1.807, 2.05) is 32.0 Å². The van der Waals surface area contributed by atoms with Gasteiger partial charge in [0.15, 0.2) is 18.1 Å². The molecular weight excluding hydrogens is 320 g/mol. The summed E-state index contributed by atoms with van der Waals surface area (Å²) in [4.78, 5) is 24.3. The van der Waals surface area contributed by atoms with Crippen molar-refractivity contribution in [3.63, 3.8) is 0 Å². The molecule has 25 heavy (non-hydrogen) atoms. The summed E-state index contributed by atoms with van der Waals surface area (Å²) in [5, 5.41) is 0. The Kier molecular flexibility index (Phi) is 5.03. The number of aryl methyl sites for hydroxylation is 2. The fourth-order valence-electron chi connectivity index (χ4n) is 2.68. The van der Waals surface area contributed by atoms with Gasteiger partial charge in [-0.1, -0.05) is 23.8 Å². The van der Waals surface area contributed by atoms with Crippen molar-refractivity contribution in [2.24, 2.45) is 0 Å². The lowest BCUT2D eigenvalue weighted by Crippen LogP contribution is -2.17. The Labute approximate surface area is 146 Å². The number of benzene rings is 2. The summed E-state index contributed by atoms with van der Waals surface area (Å²) < 4.78 is 16.1. The average Bonchev–Trinajstić information content (AvgIpc) is 2.61. The van der Waals surface area contributed by atoms with E-state index in [9.17, 15) is 9.59 Å². The van der Waals surface area contributed by atoms with Crippen LogP contribution in [0.15, 0.2) is 36.4 Å². The standard InChI is InChI=1S/C20H20O5/c1-13-3-4-14(2)16(9-13)17(21)12-25-20(22)11-15-5-6-18-19(10-15)24-8-7-23-18/h3-6,9-10H,7-8,11-12H2,1-2H3. The first-order chi connectivity index (χ1) is 12.0. The first-order valence-corrected chi connectivity index (χ1v) is 8.17. The van der Waals surface area contributed by atoms with Gasteiger partial charge < -0.3 is 14.2 Å². The van der Waals surface area contributed by atoms with Crippen molar-refractivity contribution in [1.29, 1.82) is 0 Å². The molecule has 2 aromatic carbocycles. The van der Waals surface area contributed by atoms with Gasteiger partial charge in [0.2, 0.25) is 5.78 Å². The summed E-state index contributed by atoms with van der Waals surface area (Å²) >= 11 is 0. The lowest BCUT2D eigenvalue weighted by Gasteiger charge is -2.18. The highest BCUT2D eigenvalue weighted by molar-refractivity contribution is 5.99. The van der Waals surface area contributed by atoms with Crippen LogP contribution in [0.2, 0.25) is 0 Å². The van der Waals surface area contributed by atoms with Crippen molar-refractivity contribution < 1.29 is 23.8 Å². The molecule has 0 N–H and O–H groups in total. The molecule has 5 heteroatoms. The summed E-state index contributed by atoms with van der Waals surface area (Å²) in [5.41, 5.74) is 3.22. The van der Waals surface area contributed by atoms with Gasteiger partial charge in [-0.25, -0.2) is 0 Å². The minimum Gasteiger partial charge on any atom is -0.486 e. The fraction of sp³-hybridized carbons (Fsp3) is 0.300. The third-order valence-corrected chi connectivity index (χ3v) is 4.01. The minimum atomic E-state index is -0.449. The van der Waals surface area contributed by atoms with Gasteiger partial charge in [0.05, 0.1) is 6.42 Å². The zero-order valence-electron chi connectivity index (χ0n) is 14.3. The predicted molar refractivity (Wildman–Crippen MR) is 92.3 cm³/mol. The molecule has 1 aliphatic heterocycles. The third kappa shape index (κ3) is 4.18. The molecule has 0 unspecified atom stereocenters. The Morgan fingerprint density at radius 2 is 1.76 bits per heavy atom. The van der Waals surface area contributed by atoms with Gasteiger partial charge in [-0.15, -0.1) is 0 Å². The molecule has 0 aromatic heterocycles. The summed E-state index contributed by atoms with van der Waals surface area (Å²) in [6.07, 6.45) is 0.0801. The topological polar surface area (TPSA) is 61.8 Å². The number of rotatable bonds is 5. The smallest absolute Gasteiger partial charge is 0.310 e. The number of ether oxygens (including phenoxy) is 3. The Morgan fingerprint density at radius 3 is 2.56 bits per heavy atom. The normalized spacial score (nSPS) is 12.6. The van der Waals surface area contributed by atoms with Gasteiger partial charge in [0.1, 0.15) is 13.2 Å². The first-order valence-electron chi connectivity index (χ1n) is 8.17. The first kappa shape index (κ1) is 17.0. The SMILES string of the molecule is Cc1ccc(C)c(C(=O)COC(=O)Cc2ccc3c(c2)OCCO3)c1. The average molecular weight is 340 g/mol. The number of hydrogen-bond donors (Lipinski definition) is 0. The maximum Gasteiger partial charge on any atom is 0.310 e. The zero-order valence-corrected chi connectivity index (χ0v) is 14.3. The molecule has 1 aliphatic rings. The van der Waals surface area contributed by atoms with Gasteiger partial charge in [0.25, 0.3) is 0 Å². The van der Waals surface area contributed by atoms with Crippen LogP contribution in [0.25, 0.3) is 0 Å². The Hall–Kier alpha value is -2.82. The number of carbonyl (C=O) groups excluding carboxylic acids is 2. The number of ketones is 1. The monoisotopic (exact) mass is 340 g/mol. The van der Waals surface area contributed by atoms with E-state index in [1.54, 1.807) is 18.2 Å². The van der Waals surface area contributed by atoms with Crippen molar-refractivity contribution in [3.8, 4) is 11.5 Å². The number of carbonyl (C=O) groups is 2. The molecule has 0 spiro atoms. The summed E-state index contributed by atoms with van der Waals surface area (Å²) in [5.74, 6) is 0.656. The van der Waals surface area contributed by atoms with Crippen LogP contribution in [-0.4, -0.2) is 31.6 Å².